The minimum Gasteiger partial charge on any atom is -0.365 e. The first-order chi connectivity index (χ1) is 22.0. The molecule has 3 aromatic rings. The molecule has 13 nitrogen and oxygen atoms in total. The smallest absolute Gasteiger partial charge is 0.340 e. The Morgan fingerprint density at radius 3 is 2.72 bits per heavy atom. The summed E-state index contributed by atoms with van der Waals surface area (Å²) in [4.78, 5) is 28.4. The third kappa shape index (κ3) is 6.53. The predicted molar refractivity (Wildman–Crippen MR) is 170 cm³/mol. The molecule has 4 aliphatic rings. The number of amides is 1. The summed E-state index contributed by atoms with van der Waals surface area (Å²) >= 11 is 12.5. The first-order valence-electron chi connectivity index (χ1n) is 15.6. The van der Waals surface area contributed by atoms with Crippen LogP contribution in [-0.2, 0) is 32.6 Å². The second-order valence-corrected chi connectivity index (χ2v) is 15.5. The van der Waals surface area contributed by atoms with E-state index in [0.29, 0.717) is 34.5 Å². The lowest BCUT2D eigenvalue weighted by Crippen LogP contribution is -2.42. The van der Waals surface area contributed by atoms with Gasteiger partial charge in [0.25, 0.3) is 0 Å². The lowest BCUT2D eigenvalue weighted by atomic mass is 10.1. The summed E-state index contributed by atoms with van der Waals surface area (Å²) in [6, 6.07) is 7.48. The fourth-order valence-corrected chi connectivity index (χ4v) is 8.88. The number of nitrogens with one attached hydrogen (secondary N) is 1. The van der Waals surface area contributed by atoms with E-state index < -0.39 is 56.1 Å². The van der Waals surface area contributed by atoms with Gasteiger partial charge < -0.3 is 29.0 Å². The average Bonchev–Trinajstić information content (AvgIpc) is 3.78. The molecular formula is C30H37Cl2N6O7P. The third-order valence-corrected chi connectivity index (χ3v) is 11.1. The lowest BCUT2D eigenvalue weighted by Gasteiger charge is -2.31. The van der Waals surface area contributed by atoms with E-state index in [9.17, 15) is 9.36 Å². The van der Waals surface area contributed by atoms with Crippen molar-refractivity contribution < 1.29 is 32.6 Å². The van der Waals surface area contributed by atoms with Crippen LogP contribution in [0.2, 0.25) is 10.3 Å². The summed E-state index contributed by atoms with van der Waals surface area (Å²) in [5, 5.41) is 4.13. The van der Waals surface area contributed by atoms with Crippen LogP contribution in [-0.4, -0.2) is 86.8 Å². The molecule has 46 heavy (non-hydrogen) atoms. The van der Waals surface area contributed by atoms with Crippen LogP contribution in [0.15, 0.2) is 30.6 Å². The number of aromatic nitrogens is 4. The summed E-state index contributed by atoms with van der Waals surface area (Å²) in [6.07, 6.45) is 3.41. The highest BCUT2D eigenvalue weighted by molar-refractivity contribution is 7.54. The molecule has 1 N–H and O–H groups in total. The number of anilines is 1. The van der Waals surface area contributed by atoms with Gasteiger partial charge in [-0.2, -0.15) is 9.97 Å². The summed E-state index contributed by atoms with van der Waals surface area (Å²) in [6.45, 7) is 4.02. The number of fused-ring (bicyclic) bond motifs is 2. The number of likely N-dealkylation sites (N-methyl/N-ethyl adjacent to an activating group) is 1. The second-order valence-electron chi connectivity index (χ2n) is 12.7. The second kappa shape index (κ2) is 12.6. The van der Waals surface area contributed by atoms with Gasteiger partial charge in [0, 0.05) is 31.1 Å². The van der Waals surface area contributed by atoms with Gasteiger partial charge in [-0.25, -0.2) is 4.98 Å². The standard InChI is InChI=1S/C30H37Cl2N6O7P/c1-30(2)43-24-21(14-37(3)22(39)15-46(40)41-12-11-20(45-46)17-7-6-8-18(31)13-17)42-28(25(24)44-30)38-16-33-23-26(34-19-9-4-5-10-19)35-29(32)36-27(23)38/h6-8,13,16,19-21,24-25,28H,4-5,9-12,14-15H2,1-3H3,(H,34,35,36)/t20?,21-,24-,25-,28-,46?/m1/s1. The van der Waals surface area contributed by atoms with Gasteiger partial charge in [-0.1, -0.05) is 36.6 Å². The quantitative estimate of drug-likeness (QED) is 0.228. The van der Waals surface area contributed by atoms with Crippen molar-refractivity contribution in [2.75, 3.05) is 31.7 Å². The van der Waals surface area contributed by atoms with Crippen LogP contribution in [0.3, 0.4) is 0 Å². The molecule has 4 fully saturated rings. The number of ether oxygens (including phenoxy) is 3. The Hall–Kier alpha value is -2.35. The highest BCUT2D eigenvalue weighted by Crippen LogP contribution is 2.56. The fraction of sp³-hybridized carbons (Fsp3) is 0.600. The van der Waals surface area contributed by atoms with Gasteiger partial charge in [-0.3, -0.25) is 18.5 Å². The zero-order valence-electron chi connectivity index (χ0n) is 25.8. The van der Waals surface area contributed by atoms with E-state index in [1.54, 1.807) is 36.1 Å². The van der Waals surface area contributed by atoms with Crippen LogP contribution in [0.25, 0.3) is 11.2 Å². The molecule has 0 radical (unpaired) electrons. The Morgan fingerprint density at radius 2 is 1.93 bits per heavy atom. The number of imidazole rings is 1. The van der Waals surface area contributed by atoms with E-state index in [0.717, 1.165) is 18.4 Å². The van der Waals surface area contributed by atoms with Gasteiger partial charge in [0.05, 0.1) is 19.0 Å². The molecule has 5 heterocycles. The van der Waals surface area contributed by atoms with Crippen LogP contribution in [0.5, 0.6) is 0 Å². The van der Waals surface area contributed by atoms with E-state index in [1.165, 1.54) is 17.7 Å². The van der Waals surface area contributed by atoms with Crippen molar-refractivity contribution in [3.8, 4) is 0 Å². The number of hydrogen-bond acceptors (Lipinski definition) is 11. The van der Waals surface area contributed by atoms with E-state index in [2.05, 4.69) is 20.3 Å². The largest absolute Gasteiger partial charge is 0.365 e. The maximum atomic E-state index is 13.6. The maximum Gasteiger partial charge on any atom is 0.340 e. The van der Waals surface area contributed by atoms with Crippen molar-refractivity contribution in [3.05, 3.63) is 46.5 Å². The first-order valence-corrected chi connectivity index (χ1v) is 18.0. The van der Waals surface area contributed by atoms with Gasteiger partial charge in [0.15, 0.2) is 29.0 Å². The maximum absolute atomic E-state index is 13.6. The number of carbonyl (C=O) groups excluding carboxylic acids is 1. The minimum absolute atomic E-state index is 0.0923. The van der Waals surface area contributed by atoms with Crippen LogP contribution in [0.1, 0.15) is 63.8 Å². The zero-order valence-corrected chi connectivity index (χ0v) is 28.2. The molecule has 16 heteroatoms. The van der Waals surface area contributed by atoms with Gasteiger partial charge >= 0.3 is 7.60 Å². The minimum atomic E-state index is -3.72. The Morgan fingerprint density at radius 1 is 1.15 bits per heavy atom. The Labute approximate surface area is 276 Å². The normalized spacial score (nSPS) is 30.9. The van der Waals surface area contributed by atoms with Crippen molar-refractivity contribution in [1.82, 2.24) is 24.4 Å². The van der Waals surface area contributed by atoms with Gasteiger partial charge in [0.1, 0.15) is 24.5 Å². The van der Waals surface area contributed by atoms with Gasteiger partial charge in [-0.15, -0.1) is 0 Å². The molecule has 2 aromatic heterocycles. The summed E-state index contributed by atoms with van der Waals surface area (Å²) in [5.74, 6) is -0.715. The number of halogens is 2. The predicted octanol–water partition coefficient (Wildman–Crippen LogP) is 5.73. The highest BCUT2D eigenvalue weighted by Gasteiger charge is 2.56. The van der Waals surface area contributed by atoms with E-state index in [1.807, 2.05) is 19.9 Å². The van der Waals surface area contributed by atoms with Crippen molar-refractivity contribution >= 4 is 53.7 Å². The monoisotopic (exact) mass is 694 g/mol. The van der Waals surface area contributed by atoms with E-state index in [-0.39, 0.29) is 18.4 Å². The summed E-state index contributed by atoms with van der Waals surface area (Å²) < 4.78 is 45.9. The fourth-order valence-electron chi connectivity index (χ4n) is 6.72. The molecule has 1 aromatic carbocycles. The van der Waals surface area contributed by atoms with Gasteiger partial charge in [-0.05, 0) is 56.0 Å². The number of benzene rings is 1. The van der Waals surface area contributed by atoms with Crippen LogP contribution in [0.4, 0.5) is 5.82 Å². The number of hydrogen-bond donors (Lipinski definition) is 1. The number of nitrogens with zero attached hydrogens (tertiary/aromatic N) is 5. The SMILES string of the molecule is CN(C[C@H]1O[C@@H](n2cnc3c(NC4CCCC4)nc(Cl)nc32)[C@@H]2OC(C)(C)O[C@@H]21)C(=O)CP1(=O)OCCC(c2cccc(Cl)c2)O1. The van der Waals surface area contributed by atoms with Crippen LogP contribution < -0.4 is 5.32 Å². The van der Waals surface area contributed by atoms with Crippen LogP contribution in [0, 0.1) is 0 Å². The topological polar surface area (TPSA) is 139 Å². The Bertz CT molecular complexity index is 1670. The molecule has 6 atom stereocenters. The Kier molecular flexibility index (Phi) is 8.82. The van der Waals surface area contributed by atoms with E-state index in [4.69, 9.17) is 46.5 Å². The molecule has 0 bridgehead atoms. The van der Waals surface area contributed by atoms with E-state index >= 15 is 0 Å². The average molecular weight is 696 g/mol. The molecule has 1 aliphatic carbocycles. The number of rotatable bonds is 8. The first kappa shape index (κ1) is 32.2. The molecule has 1 amide bonds. The van der Waals surface area contributed by atoms with Gasteiger partial charge in [0.2, 0.25) is 11.2 Å². The Balaban J connectivity index is 1.07. The molecule has 1 saturated carbocycles. The van der Waals surface area contributed by atoms with Crippen molar-refractivity contribution in [2.45, 2.75) is 88.4 Å². The molecule has 248 valence electrons. The molecule has 3 aliphatic heterocycles. The number of carbonyl (C=O) groups is 1. The van der Waals surface area contributed by atoms with Crippen molar-refractivity contribution in [2.24, 2.45) is 0 Å². The summed E-state index contributed by atoms with van der Waals surface area (Å²) in [7, 11) is -2.10. The van der Waals surface area contributed by atoms with Crippen molar-refractivity contribution in [3.63, 3.8) is 0 Å². The molecule has 7 rings (SSSR count). The zero-order chi connectivity index (χ0) is 32.2. The third-order valence-electron chi connectivity index (χ3n) is 8.87. The summed E-state index contributed by atoms with van der Waals surface area (Å²) in [5.41, 5.74) is 1.87. The molecular weight excluding hydrogens is 658 g/mol. The van der Waals surface area contributed by atoms with Crippen LogP contribution >= 0.6 is 30.8 Å². The van der Waals surface area contributed by atoms with Crippen molar-refractivity contribution in [1.29, 1.82) is 0 Å². The molecule has 0 spiro atoms. The molecule has 3 saturated heterocycles. The highest BCUT2D eigenvalue weighted by atomic mass is 35.5. The lowest BCUT2D eigenvalue weighted by molar-refractivity contribution is -0.197. The molecule has 2 unspecified atom stereocenters.